The number of anilines is 2. The van der Waals surface area contributed by atoms with E-state index in [0.717, 1.165) is 23.6 Å². The van der Waals surface area contributed by atoms with Gasteiger partial charge in [0, 0.05) is 12.0 Å². The topological polar surface area (TPSA) is 80.3 Å². The number of amides is 2. The van der Waals surface area contributed by atoms with Crippen LogP contribution in [0, 0.1) is 5.92 Å². The van der Waals surface area contributed by atoms with Gasteiger partial charge in [-0.3, -0.25) is 9.59 Å². The van der Waals surface area contributed by atoms with Gasteiger partial charge < -0.3 is 15.4 Å². The van der Waals surface area contributed by atoms with Gasteiger partial charge in [-0.15, -0.1) is 0 Å². The van der Waals surface area contributed by atoms with E-state index in [1.165, 1.54) is 13.3 Å². The Labute approximate surface area is 156 Å². The molecular formula is C21H19N3O3. The highest BCUT2D eigenvalue weighted by atomic mass is 16.5. The van der Waals surface area contributed by atoms with Gasteiger partial charge in [0.05, 0.1) is 30.2 Å². The number of rotatable bonds is 5. The molecule has 1 aliphatic rings. The lowest BCUT2D eigenvalue weighted by Gasteiger charge is -2.13. The number of methoxy groups -OCH3 is 1. The lowest BCUT2D eigenvalue weighted by atomic mass is 10.0. The van der Waals surface area contributed by atoms with Crippen molar-refractivity contribution >= 4 is 34.0 Å². The number of hydrogen-bond acceptors (Lipinski definition) is 4. The van der Waals surface area contributed by atoms with Gasteiger partial charge in [-0.05, 0) is 41.8 Å². The Kier molecular flexibility index (Phi) is 4.46. The second-order valence-corrected chi connectivity index (χ2v) is 6.55. The Morgan fingerprint density at radius 1 is 1.04 bits per heavy atom. The van der Waals surface area contributed by atoms with Crippen molar-refractivity contribution < 1.29 is 14.3 Å². The number of aromatic nitrogens is 1. The molecule has 27 heavy (non-hydrogen) atoms. The first-order valence-corrected chi connectivity index (χ1v) is 8.79. The zero-order chi connectivity index (χ0) is 18.8. The summed E-state index contributed by atoms with van der Waals surface area (Å²) in [5, 5.41) is 7.63. The summed E-state index contributed by atoms with van der Waals surface area (Å²) in [4.78, 5) is 29.2. The molecule has 1 heterocycles. The Hall–Kier alpha value is -3.41. The van der Waals surface area contributed by atoms with Gasteiger partial charge in [0.25, 0.3) is 5.91 Å². The van der Waals surface area contributed by atoms with E-state index in [-0.39, 0.29) is 17.7 Å². The quantitative estimate of drug-likeness (QED) is 0.723. The molecular weight excluding hydrogens is 342 g/mol. The number of carbonyl (C=O) groups excluding carboxylic acids is 2. The van der Waals surface area contributed by atoms with Gasteiger partial charge in [-0.2, -0.15) is 0 Å². The van der Waals surface area contributed by atoms with Crippen LogP contribution in [0.5, 0.6) is 5.88 Å². The first-order chi connectivity index (χ1) is 13.1. The molecule has 0 aliphatic heterocycles. The van der Waals surface area contributed by atoms with E-state index >= 15 is 0 Å². The normalized spacial score (nSPS) is 13.2. The van der Waals surface area contributed by atoms with Gasteiger partial charge in [0.15, 0.2) is 0 Å². The lowest BCUT2D eigenvalue weighted by Crippen LogP contribution is -2.19. The average molecular weight is 361 g/mol. The fraction of sp³-hybridized carbons (Fsp3) is 0.190. The van der Waals surface area contributed by atoms with Crippen LogP contribution in [0.15, 0.2) is 54.7 Å². The number of benzene rings is 2. The first-order valence-electron chi connectivity index (χ1n) is 8.79. The van der Waals surface area contributed by atoms with E-state index in [1.54, 1.807) is 18.2 Å². The maximum absolute atomic E-state index is 12.9. The predicted octanol–water partition coefficient (Wildman–Crippen LogP) is 3.84. The summed E-state index contributed by atoms with van der Waals surface area (Å²) in [6.45, 7) is 0. The minimum Gasteiger partial charge on any atom is -0.481 e. The molecule has 0 spiro atoms. The van der Waals surface area contributed by atoms with E-state index in [1.807, 2.05) is 30.3 Å². The van der Waals surface area contributed by atoms with E-state index < -0.39 is 0 Å². The van der Waals surface area contributed by atoms with Gasteiger partial charge in [0.2, 0.25) is 11.8 Å². The minimum absolute atomic E-state index is 0.0366. The fourth-order valence-corrected chi connectivity index (χ4v) is 2.89. The summed E-state index contributed by atoms with van der Waals surface area (Å²) in [5.74, 6) is 0.179. The first kappa shape index (κ1) is 17.0. The van der Waals surface area contributed by atoms with Crippen molar-refractivity contribution in [2.45, 2.75) is 12.8 Å². The van der Waals surface area contributed by atoms with Crippen LogP contribution >= 0.6 is 0 Å². The lowest BCUT2D eigenvalue weighted by molar-refractivity contribution is -0.117. The molecule has 2 amide bonds. The third-order valence-corrected chi connectivity index (χ3v) is 4.54. The van der Waals surface area contributed by atoms with Crippen LogP contribution in [-0.4, -0.2) is 23.9 Å². The van der Waals surface area contributed by atoms with Crippen LogP contribution in [0.25, 0.3) is 10.8 Å². The molecule has 1 fully saturated rings. The van der Waals surface area contributed by atoms with Gasteiger partial charge in [-0.1, -0.05) is 24.3 Å². The number of nitrogens with zero attached hydrogens (tertiary/aromatic N) is 1. The van der Waals surface area contributed by atoms with Crippen molar-refractivity contribution in [3.8, 4) is 5.88 Å². The SMILES string of the molecule is COc1ccc(NC(=O)c2cc3ccccc3cc2NC(=O)C2CC2)cn1. The summed E-state index contributed by atoms with van der Waals surface area (Å²) in [6.07, 6.45) is 3.33. The van der Waals surface area contributed by atoms with Gasteiger partial charge in [-0.25, -0.2) is 4.98 Å². The van der Waals surface area contributed by atoms with Crippen molar-refractivity contribution in [1.29, 1.82) is 0 Å². The maximum Gasteiger partial charge on any atom is 0.257 e. The predicted molar refractivity (Wildman–Crippen MR) is 104 cm³/mol. The molecule has 1 saturated carbocycles. The number of fused-ring (bicyclic) bond motifs is 1. The van der Waals surface area contributed by atoms with Crippen molar-refractivity contribution in [3.63, 3.8) is 0 Å². The highest BCUT2D eigenvalue weighted by molar-refractivity contribution is 6.13. The highest BCUT2D eigenvalue weighted by Crippen LogP contribution is 2.32. The summed E-state index contributed by atoms with van der Waals surface area (Å²) < 4.78 is 5.03. The van der Waals surface area contributed by atoms with Crippen molar-refractivity contribution in [1.82, 2.24) is 4.98 Å². The molecule has 0 saturated heterocycles. The number of pyridine rings is 1. The molecule has 1 aromatic heterocycles. The van der Waals surface area contributed by atoms with Crippen LogP contribution in [0.2, 0.25) is 0 Å². The largest absolute Gasteiger partial charge is 0.481 e. The van der Waals surface area contributed by atoms with Crippen LogP contribution in [0.4, 0.5) is 11.4 Å². The van der Waals surface area contributed by atoms with E-state index in [2.05, 4.69) is 15.6 Å². The second-order valence-electron chi connectivity index (χ2n) is 6.55. The van der Waals surface area contributed by atoms with Crippen LogP contribution in [0.3, 0.4) is 0 Å². The number of ether oxygens (including phenoxy) is 1. The highest BCUT2D eigenvalue weighted by Gasteiger charge is 2.30. The Balaban J connectivity index is 1.66. The maximum atomic E-state index is 12.9. The minimum atomic E-state index is -0.307. The molecule has 4 rings (SSSR count). The zero-order valence-corrected chi connectivity index (χ0v) is 14.9. The van der Waals surface area contributed by atoms with Crippen molar-refractivity contribution in [2.24, 2.45) is 5.92 Å². The fourth-order valence-electron chi connectivity index (χ4n) is 2.89. The Morgan fingerprint density at radius 3 is 2.41 bits per heavy atom. The standard InChI is InChI=1S/C21H19N3O3/c1-27-19-9-8-16(12-22-19)23-21(26)17-10-14-4-2-3-5-15(14)11-18(17)24-20(25)13-6-7-13/h2-5,8-13H,6-7H2,1H3,(H,23,26)(H,24,25). The molecule has 1 aliphatic carbocycles. The third kappa shape index (κ3) is 3.74. The van der Waals surface area contributed by atoms with Crippen molar-refractivity contribution in [2.75, 3.05) is 17.7 Å². The number of hydrogen-bond donors (Lipinski definition) is 2. The zero-order valence-electron chi connectivity index (χ0n) is 14.9. The van der Waals surface area contributed by atoms with Gasteiger partial charge in [0.1, 0.15) is 0 Å². The van der Waals surface area contributed by atoms with Gasteiger partial charge >= 0.3 is 0 Å². The molecule has 0 atom stereocenters. The number of nitrogens with one attached hydrogen (secondary N) is 2. The molecule has 2 aromatic carbocycles. The number of carbonyl (C=O) groups is 2. The average Bonchev–Trinajstić information content (AvgIpc) is 3.53. The van der Waals surface area contributed by atoms with Crippen molar-refractivity contribution in [3.05, 3.63) is 60.3 Å². The molecule has 136 valence electrons. The molecule has 0 bridgehead atoms. The molecule has 3 aromatic rings. The summed E-state index contributed by atoms with van der Waals surface area (Å²) in [6, 6.07) is 14.8. The summed E-state index contributed by atoms with van der Waals surface area (Å²) in [7, 11) is 1.53. The van der Waals surface area contributed by atoms with Crippen LogP contribution < -0.4 is 15.4 Å². The van der Waals surface area contributed by atoms with E-state index in [9.17, 15) is 9.59 Å². The Morgan fingerprint density at radius 2 is 1.78 bits per heavy atom. The molecule has 6 heteroatoms. The smallest absolute Gasteiger partial charge is 0.257 e. The summed E-state index contributed by atoms with van der Waals surface area (Å²) in [5.41, 5.74) is 1.48. The van der Waals surface area contributed by atoms with Crippen LogP contribution in [-0.2, 0) is 4.79 Å². The monoisotopic (exact) mass is 361 g/mol. The molecule has 6 nitrogen and oxygen atoms in total. The summed E-state index contributed by atoms with van der Waals surface area (Å²) >= 11 is 0. The molecule has 0 radical (unpaired) electrons. The Bertz CT molecular complexity index is 1010. The third-order valence-electron chi connectivity index (χ3n) is 4.54. The molecule has 2 N–H and O–H groups in total. The second kappa shape index (κ2) is 7.07. The molecule has 0 unspecified atom stereocenters. The van der Waals surface area contributed by atoms with Crippen LogP contribution in [0.1, 0.15) is 23.2 Å². The van der Waals surface area contributed by atoms with E-state index in [4.69, 9.17) is 4.74 Å². The van der Waals surface area contributed by atoms with E-state index in [0.29, 0.717) is 22.8 Å².